The van der Waals surface area contributed by atoms with Crippen LogP contribution < -0.4 is 5.32 Å². The van der Waals surface area contributed by atoms with E-state index in [2.05, 4.69) is 19.2 Å². The molecule has 27 heavy (non-hydrogen) atoms. The molecule has 0 radical (unpaired) electrons. The number of hydrogen-bond donors (Lipinski definition) is 3. The van der Waals surface area contributed by atoms with Crippen LogP contribution in [0.1, 0.15) is 70.8 Å². The van der Waals surface area contributed by atoms with Crippen LogP contribution in [0.2, 0.25) is 0 Å². The van der Waals surface area contributed by atoms with E-state index in [9.17, 15) is 18.3 Å². The van der Waals surface area contributed by atoms with Gasteiger partial charge in [-0.2, -0.15) is 0 Å². The maximum atomic E-state index is 13.2. The zero-order chi connectivity index (χ0) is 20.2. The number of amides is 1. The molecule has 0 saturated heterocycles. The van der Waals surface area contributed by atoms with Gasteiger partial charge in [-0.1, -0.05) is 46.5 Å². The first-order chi connectivity index (χ1) is 12.7. The van der Waals surface area contributed by atoms with E-state index in [1.54, 1.807) is 6.07 Å². The molecule has 0 aromatic heterocycles. The summed E-state index contributed by atoms with van der Waals surface area (Å²) in [6.07, 6.45) is 2.94. The minimum Gasteiger partial charge on any atom is -0.465 e. The van der Waals surface area contributed by atoms with Crippen molar-refractivity contribution in [1.29, 1.82) is 0 Å². The first-order valence-electron chi connectivity index (χ1n) is 9.71. The molecule has 1 aromatic rings. The van der Waals surface area contributed by atoms with Gasteiger partial charge in [0.15, 0.2) is 9.84 Å². The molecule has 3 N–H and O–H groups in total. The number of aliphatic hydroxyl groups excluding tert-OH is 1. The summed E-state index contributed by atoms with van der Waals surface area (Å²) in [5.74, 6) is -0.467. The fraction of sp³-hybridized carbons (Fsp3) is 0.650. The van der Waals surface area contributed by atoms with Gasteiger partial charge < -0.3 is 10.2 Å². The topological polar surface area (TPSA) is 104 Å². The van der Waals surface area contributed by atoms with Crippen molar-refractivity contribution in [1.82, 2.24) is 0 Å². The normalized spacial score (nSPS) is 23.3. The number of hydrogen-bond acceptors (Lipinski definition) is 4. The van der Waals surface area contributed by atoms with Crippen molar-refractivity contribution in [3.05, 3.63) is 23.8 Å². The van der Waals surface area contributed by atoms with E-state index in [1.807, 2.05) is 6.92 Å². The van der Waals surface area contributed by atoms with Crippen LogP contribution in [0.3, 0.4) is 0 Å². The number of rotatable bonds is 7. The molecule has 1 heterocycles. The summed E-state index contributed by atoms with van der Waals surface area (Å²) < 4.78 is 26.4. The lowest BCUT2D eigenvalue weighted by atomic mass is 9.70. The van der Waals surface area contributed by atoms with Crippen molar-refractivity contribution >= 4 is 21.6 Å². The maximum Gasteiger partial charge on any atom is 0.409 e. The van der Waals surface area contributed by atoms with E-state index in [1.165, 1.54) is 12.1 Å². The molecule has 1 amide bonds. The molecule has 0 fully saturated rings. The Kier molecular flexibility index (Phi) is 6.92. The number of sulfone groups is 1. The van der Waals surface area contributed by atoms with Gasteiger partial charge in [0.1, 0.15) is 0 Å². The lowest BCUT2D eigenvalue weighted by Crippen LogP contribution is -2.42. The van der Waals surface area contributed by atoms with Gasteiger partial charge in [-0.15, -0.1) is 0 Å². The second-order valence-corrected chi connectivity index (χ2v) is 9.70. The Morgan fingerprint density at radius 1 is 1.22 bits per heavy atom. The average molecular weight is 398 g/mol. The summed E-state index contributed by atoms with van der Waals surface area (Å²) in [5, 5.41) is 22.5. The van der Waals surface area contributed by atoms with Crippen molar-refractivity contribution in [2.75, 3.05) is 11.1 Å². The standard InChI is InChI=1S/C20H31NO5S/c1-4-6-10-20(11-7-5-2)13-27(25,26)17-9-8-15(21-19(23)24)12-16(17)14(3)18(20)22/h8-9,12,14,18,21-22H,4-7,10-11,13H2,1-3H3,(H,23,24)/t14-,18-/m1/s1. The molecule has 0 spiro atoms. The van der Waals surface area contributed by atoms with Crippen LogP contribution in [0, 0.1) is 5.41 Å². The highest BCUT2D eigenvalue weighted by Gasteiger charge is 2.47. The predicted octanol–water partition coefficient (Wildman–Crippen LogP) is 4.40. The Balaban J connectivity index is 2.56. The molecule has 152 valence electrons. The summed E-state index contributed by atoms with van der Waals surface area (Å²) in [6, 6.07) is 4.48. The molecule has 1 aliphatic rings. The summed E-state index contributed by atoms with van der Waals surface area (Å²) in [4.78, 5) is 11.1. The van der Waals surface area contributed by atoms with Crippen LogP contribution in [-0.2, 0) is 9.84 Å². The fourth-order valence-electron chi connectivity index (χ4n) is 4.25. The third-order valence-electron chi connectivity index (χ3n) is 5.72. The predicted molar refractivity (Wildman–Crippen MR) is 106 cm³/mol. The molecular formula is C20H31NO5S. The van der Waals surface area contributed by atoms with Crippen LogP contribution in [0.4, 0.5) is 10.5 Å². The highest BCUT2D eigenvalue weighted by atomic mass is 32.2. The lowest BCUT2D eigenvalue weighted by Gasteiger charge is -2.39. The number of anilines is 1. The lowest BCUT2D eigenvalue weighted by molar-refractivity contribution is 0.00802. The van der Waals surface area contributed by atoms with E-state index in [0.717, 1.165) is 25.7 Å². The third kappa shape index (κ3) is 4.63. The van der Waals surface area contributed by atoms with Crippen molar-refractivity contribution in [3.63, 3.8) is 0 Å². The first kappa shape index (κ1) is 21.7. The fourth-order valence-corrected chi connectivity index (χ4v) is 6.50. The summed E-state index contributed by atoms with van der Waals surface area (Å²) in [7, 11) is -3.59. The minimum atomic E-state index is -3.59. The van der Waals surface area contributed by atoms with E-state index >= 15 is 0 Å². The first-order valence-corrected chi connectivity index (χ1v) is 11.4. The Bertz CT molecular complexity index is 767. The maximum absolute atomic E-state index is 13.2. The second-order valence-electron chi connectivity index (χ2n) is 7.74. The van der Waals surface area contributed by atoms with Gasteiger partial charge >= 0.3 is 6.09 Å². The van der Waals surface area contributed by atoms with Gasteiger partial charge in [0.2, 0.25) is 0 Å². The number of carboxylic acid groups (broad SMARTS) is 1. The third-order valence-corrected chi connectivity index (χ3v) is 7.72. The molecule has 2 atom stereocenters. The van der Waals surface area contributed by atoms with Gasteiger partial charge in [0, 0.05) is 17.0 Å². The van der Waals surface area contributed by atoms with Gasteiger partial charge in [0.25, 0.3) is 0 Å². The van der Waals surface area contributed by atoms with E-state index < -0.39 is 33.4 Å². The average Bonchev–Trinajstić information content (AvgIpc) is 2.66. The Morgan fingerprint density at radius 2 is 1.81 bits per heavy atom. The molecule has 7 heteroatoms. The summed E-state index contributed by atoms with van der Waals surface area (Å²) in [5.41, 5.74) is 0.123. The van der Waals surface area contributed by atoms with Gasteiger partial charge in [-0.05, 0) is 36.6 Å². The molecule has 1 aliphatic heterocycles. The summed E-state index contributed by atoms with van der Waals surface area (Å²) in [6.45, 7) is 5.96. The Morgan fingerprint density at radius 3 is 2.33 bits per heavy atom. The Labute approximate surface area is 161 Å². The summed E-state index contributed by atoms with van der Waals surface area (Å²) >= 11 is 0. The van der Waals surface area contributed by atoms with Crippen LogP contribution in [0.5, 0.6) is 0 Å². The molecule has 0 bridgehead atoms. The monoisotopic (exact) mass is 397 g/mol. The SMILES string of the molecule is CCCCC1(CCCC)CS(=O)(=O)c2ccc(NC(=O)O)cc2[C@@H](C)[C@H]1O. The zero-order valence-electron chi connectivity index (χ0n) is 16.4. The number of unbranched alkanes of at least 4 members (excludes halogenated alkanes) is 2. The highest BCUT2D eigenvalue weighted by Crippen LogP contribution is 2.47. The number of aliphatic hydroxyl groups is 1. The van der Waals surface area contributed by atoms with E-state index in [-0.39, 0.29) is 10.6 Å². The van der Waals surface area contributed by atoms with Crippen LogP contribution in [0.25, 0.3) is 0 Å². The van der Waals surface area contributed by atoms with Crippen LogP contribution in [0.15, 0.2) is 23.1 Å². The quantitative estimate of drug-likeness (QED) is 0.633. The molecule has 0 saturated carbocycles. The van der Waals surface area contributed by atoms with Crippen molar-refractivity contribution in [2.45, 2.75) is 76.2 Å². The van der Waals surface area contributed by atoms with Gasteiger partial charge in [-0.25, -0.2) is 13.2 Å². The number of benzene rings is 1. The van der Waals surface area contributed by atoms with E-state index in [4.69, 9.17) is 5.11 Å². The van der Waals surface area contributed by atoms with Crippen molar-refractivity contribution < 1.29 is 23.4 Å². The second kappa shape index (κ2) is 8.61. The van der Waals surface area contributed by atoms with Crippen molar-refractivity contribution in [3.8, 4) is 0 Å². The molecule has 0 aliphatic carbocycles. The minimum absolute atomic E-state index is 0.0653. The Hall–Kier alpha value is -1.60. The highest BCUT2D eigenvalue weighted by molar-refractivity contribution is 7.91. The van der Waals surface area contributed by atoms with Gasteiger partial charge in [-0.3, -0.25) is 5.32 Å². The molecule has 2 rings (SSSR count). The number of fused-ring (bicyclic) bond motifs is 1. The number of nitrogens with one attached hydrogen (secondary N) is 1. The molecular weight excluding hydrogens is 366 g/mol. The van der Waals surface area contributed by atoms with Gasteiger partial charge in [0.05, 0.1) is 16.8 Å². The smallest absolute Gasteiger partial charge is 0.409 e. The van der Waals surface area contributed by atoms with Crippen LogP contribution >= 0.6 is 0 Å². The molecule has 0 unspecified atom stereocenters. The van der Waals surface area contributed by atoms with Crippen molar-refractivity contribution in [2.24, 2.45) is 5.41 Å². The number of carbonyl (C=O) groups is 1. The zero-order valence-corrected chi connectivity index (χ0v) is 17.2. The molecule has 1 aromatic carbocycles. The van der Waals surface area contributed by atoms with E-state index in [0.29, 0.717) is 24.1 Å². The molecule has 6 nitrogen and oxygen atoms in total. The van der Waals surface area contributed by atoms with Crippen LogP contribution in [-0.4, -0.2) is 36.6 Å². The largest absolute Gasteiger partial charge is 0.465 e.